The summed E-state index contributed by atoms with van der Waals surface area (Å²) in [5.74, 6) is 0.0653. The molecular weight excluding hydrogens is 268 g/mol. The lowest BCUT2D eigenvalue weighted by atomic mass is 10.0. The summed E-state index contributed by atoms with van der Waals surface area (Å²) >= 11 is 1.73. The molecule has 2 rings (SSSR count). The van der Waals surface area contributed by atoms with Gasteiger partial charge in [0.25, 0.3) is 0 Å². The van der Waals surface area contributed by atoms with E-state index in [-0.39, 0.29) is 11.9 Å². The first-order valence-electron chi connectivity index (χ1n) is 6.62. The predicted octanol–water partition coefficient (Wildman–Crippen LogP) is 3.40. The highest BCUT2D eigenvalue weighted by Gasteiger charge is 2.21. The van der Waals surface area contributed by atoms with Crippen molar-refractivity contribution in [2.24, 2.45) is 0 Å². The molecule has 20 heavy (non-hydrogen) atoms. The summed E-state index contributed by atoms with van der Waals surface area (Å²) in [4.78, 5) is 16.0. The van der Waals surface area contributed by atoms with Gasteiger partial charge in [-0.25, -0.2) is 0 Å². The van der Waals surface area contributed by atoms with E-state index in [9.17, 15) is 4.79 Å². The van der Waals surface area contributed by atoms with Crippen molar-refractivity contribution in [1.29, 1.82) is 0 Å². The number of nitrogen functional groups attached to an aromatic ring is 1. The van der Waals surface area contributed by atoms with Crippen molar-refractivity contribution in [1.82, 2.24) is 4.90 Å². The van der Waals surface area contributed by atoms with Crippen molar-refractivity contribution in [3.8, 4) is 0 Å². The molecule has 1 heterocycles. The largest absolute Gasteiger partial charge is 0.399 e. The highest BCUT2D eigenvalue weighted by atomic mass is 32.1. The van der Waals surface area contributed by atoms with Gasteiger partial charge in [0, 0.05) is 29.4 Å². The second-order valence-electron chi connectivity index (χ2n) is 5.00. The van der Waals surface area contributed by atoms with Gasteiger partial charge in [0.05, 0.1) is 6.04 Å². The molecule has 106 valence electrons. The number of para-hydroxylation sites is 1. The van der Waals surface area contributed by atoms with Gasteiger partial charge in [-0.05, 0) is 37.1 Å². The summed E-state index contributed by atoms with van der Waals surface area (Å²) in [6.07, 6.45) is 0.739. The molecule has 0 fully saturated rings. The van der Waals surface area contributed by atoms with Crippen LogP contribution in [0.1, 0.15) is 28.3 Å². The molecule has 1 unspecified atom stereocenters. The maximum absolute atomic E-state index is 11.7. The second-order valence-corrected chi connectivity index (χ2v) is 6.32. The number of anilines is 1. The molecule has 1 atom stereocenters. The van der Waals surface area contributed by atoms with Crippen molar-refractivity contribution in [2.75, 3.05) is 12.8 Å². The van der Waals surface area contributed by atoms with Gasteiger partial charge in [0.15, 0.2) is 0 Å². The Hall–Kier alpha value is -1.81. The maximum Gasteiger partial charge on any atom is 0.219 e. The number of nitrogens with two attached hydrogens (primary N) is 1. The first-order valence-corrected chi connectivity index (χ1v) is 7.44. The van der Waals surface area contributed by atoms with E-state index in [0.717, 1.165) is 17.7 Å². The number of amides is 1. The molecule has 3 nitrogen and oxygen atoms in total. The monoisotopic (exact) mass is 288 g/mol. The molecule has 1 aromatic heterocycles. The Balaban J connectivity index is 2.32. The first kappa shape index (κ1) is 14.6. The Kier molecular flexibility index (Phi) is 4.45. The molecule has 0 radical (unpaired) electrons. The molecule has 0 spiro atoms. The third-order valence-corrected chi connectivity index (χ3v) is 4.62. The number of hydrogen-bond acceptors (Lipinski definition) is 3. The SMILES string of the molecule is CC(=O)N(C)C(Cc1ccccc1N)c1ccc(C)s1. The molecule has 2 aromatic rings. The number of nitrogens with zero attached hydrogens (tertiary/aromatic N) is 1. The summed E-state index contributed by atoms with van der Waals surface area (Å²) in [5.41, 5.74) is 7.89. The Morgan fingerprint density at radius 2 is 2.00 bits per heavy atom. The molecule has 0 bridgehead atoms. The molecule has 0 aliphatic rings. The Bertz CT molecular complexity index is 606. The molecule has 1 aromatic carbocycles. The minimum atomic E-state index is 0.0379. The van der Waals surface area contributed by atoms with E-state index < -0.39 is 0 Å². The smallest absolute Gasteiger partial charge is 0.219 e. The normalized spacial score (nSPS) is 12.2. The Morgan fingerprint density at radius 3 is 2.55 bits per heavy atom. The molecule has 0 saturated carbocycles. The third kappa shape index (κ3) is 3.20. The molecule has 1 amide bonds. The van der Waals surface area contributed by atoms with Crippen LogP contribution < -0.4 is 5.73 Å². The van der Waals surface area contributed by atoms with Crippen LogP contribution in [0.3, 0.4) is 0 Å². The average molecular weight is 288 g/mol. The van der Waals surface area contributed by atoms with Gasteiger partial charge in [0.2, 0.25) is 5.91 Å². The van der Waals surface area contributed by atoms with E-state index in [0.29, 0.717) is 0 Å². The van der Waals surface area contributed by atoms with Crippen LogP contribution >= 0.6 is 11.3 Å². The van der Waals surface area contributed by atoms with Crippen LogP contribution in [0.15, 0.2) is 36.4 Å². The lowest BCUT2D eigenvalue weighted by Gasteiger charge is -2.27. The van der Waals surface area contributed by atoms with Crippen LogP contribution in [0.25, 0.3) is 0 Å². The van der Waals surface area contributed by atoms with Crippen LogP contribution in [0, 0.1) is 6.92 Å². The van der Waals surface area contributed by atoms with Gasteiger partial charge in [-0.2, -0.15) is 0 Å². The minimum Gasteiger partial charge on any atom is -0.399 e. The van der Waals surface area contributed by atoms with Crippen molar-refractivity contribution in [3.63, 3.8) is 0 Å². The predicted molar refractivity (Wildman–Crippen MR) is 84.8 cm³/mol. The molecule has 4 heteroatoms. The average Bonchev–Trinajstić information content (AvgIpc) is 2.83. The van der Waals surface area contributed by atoms with Gasteiger partial charge in [0.1, 0.15) is 0 Å². The summed E-state index contributed by atoms with van der Waals surface area (Å²) in [5, 5.41) is 0. The van der Waals surface area contributed by atoms with Gasteiger partial charge >= 0.3 is 0 Å². The fourth-order valence-electron chi connectivity index (χ4n) is 2.21. The van der Waals surface area contributed by atoms with E-state index in [1.807, 2.05) is 31.3 Å². The van der Waals surface area contributed by atoms with Gasteiger partial charge < -0.3 is 10.6 Å². The van der Waals surface area contributed by atoms with Crippen LogP contribution in [0.4, 0.5) is 5.69 Å². The number of rotatable bonds is 4. The quantitative estimate of drug-likeness (QED) is 0.876. The van der Waals surface area contributed by atoms with E-state index in [1.165, 1.54) is 9.75 Å². The highest BCUT2D eigenvalue weighted by Crippen LogP contribution is 2.31. The van der Waals surface area contributed by atoms with Crippen LogP contribution in [-0.2, 0) is 11.2 Å². The standard InChI is InChI=1S/C16H20N2OS/c1-11-8-9-16(20-11)15(18(3)12(2)19)10-13-6-4-5-7-14(13)17/h4-9,15H,10,17H2,1-3H3. The van der Waals surface area contributed by atoms with Crippen molar-refractivity contribution in [2.45, 2.75) is 26.3 Å². The number of carbonyl (C=O) groups is 1. The number of benzene rings is 1. The van der Waals surface area contributed by atoms with Crippen LogP contribution in [0.5, 0.6) is 0 Å². The first-order chi connectivity index (χ1) is 9.49. The summed E-state index contributed by atoms with van der Waals surface area (Å²) in [6, 6.07) is 12.1. The summed E-state index contributed by atoms with van der Waals surface area (Å²) in [6.45, 7) is 3.68. The minimum absolute atomic E-state index is 0.0379. The van der Waals surface area contributed by atoms with Crippen molar-refractivity contribution >= 4 is 22.9 Å². The summed E-state index contributed by atoms with van der Waals surface area (Å²) < 4.78 is 0. The second kappa shape index (κ2) is 6.09. The van der Waals surface area contributed by atoms with Gasteiger partial charge in [-0.15, -0.1) is 11.3 Å². The lowest BCUT2D eigenvalue weighted by Crippen LogP contribution is -2.30. The molecule has 0 saturated heterocycles. The fourth-order valence-corrected chi connectivity index (χ4v) is 3.23. The molecule has 0 aliphatic heterocycles. The van der Waals surface area contributed by atoms with Crippen molar-refractivity contribution < 1.29 is 4.79 Å². The van der Waals surface area contributed by atoms with Crippen molar-refractivity contribution in [3.05, 3.63) is 51.7 Å². The highest BCUT2D eigenvalue weighted by molar-refractivity contribution is 7.12. The molecule has 2 N–H and O–H groups in total. The van der Waals surface area contributed by atoms with Crippen LogP contribution in [0.2, 0.25) is 0 Å². The maximum atomic E-state index is 11.7. The van der Waals surface area contributed by atoms with E-state index >= 15 is 0 Å². The summed E-state index contributed by atoms with van der Waals surface area (Å²) in [7, 11) is 1.85. The lowest BCUT2D eigenvalue weighted by molar-refractivity contribution is -0.129. The number of thiophene rings is 1. The number of likely N-dealkylation sites (N-methyl/N-ethyl adjacent to an activating group) is 1. The zero-order chi connectivity index (χ0) is 14.7. The van der Waals surface area contributed by atoms with E-state index in [2.05, 4.69) is 19.1 Å². The molecular formula is C16H20N2OS. The zero-order valence-corrected chi connectivity index (χ0v) is 12.9. The molecule has 0 aliphatic carbocycles. The number of hydrogen-bond donors (Lipinski definition) is 1. The van der Waals surface area contributed by atoms with Crippen LogP contribution in [-0.4, -0.2) is 17.9 Å². The third-order valence-electron chi connectivity index (χ3n) is 3.52. The number of carbonyl (C=O) groups excluding carboxylic acids is 1. The Labute approximate surface area is 124 Å². The zero-order valence-electron chi connectivity index (χ0n) is 12.1. The van der Waals surface area contributed by atoms with Gasteiger partial charge in [-0.1, -0.05) is 18.2 Å². The van der Waals surface area contributed by atoms with E-state index in [4.69, 9.17) is 5.73 Å². The topological polar surface area (TPSA) is 46.3 Å². The number of aryl methyl sites for hydroxylation is 1. The Morgan fingerprint density at radius 1 is 1.30 bits per heavy atom. The van der Waals surface area contributed by atoms with E-state index in [1.54, 1.807) is 23.2 Å². The fraction of sp³-hybridized carbons (Fsp3) is 0.312. The van der Waals surface area contributed by atoms with Gasteiger partial charge in [-0.3, -0.25) is 4.79 Å².